The molecular weight excluding hydrogens is 639 g/mol. The van der Waals surface area contributed by atoms with Gasteiger partial charge >= 0.3 is 0 Å². The lowest BCUT2D eigenvalue weighted by Crippen LogP contribution is -2.00. The molecule has 4 heteroatoms. The summed E-state index contributed by atoms with van der Waals surface area (Å²) in [6, 6.07) is 62.2. The third-order valence-corrected chi connectivity index (χ3v) is 10.8. The second-order valence-electron chi connectivity index (χ2n) is 12.8. The topological polar surface area (TPSA) is 38.7 Å². The Kier molecular flexibility index (Phi) is 7.00. The van der Waals surface area contributed by atoms with Gasteiger partial charge in [0.1, 0.15) is 0 Å². The number of fused-ring (bicyclic) bond motifs is 6. The molecular formula is C47H29N3S. The van der Waals surface area contributed by atoms with Gasteiger partial charge in [0.15, 0.2) is 17.5 Å². The highest BCUT2D eigenvalue weighted by atomic mass is 32.1. The molecule has 3 nitrogen and oxygen atoms in total. The standard InChI is InChI=1S/C47H29N3S/c1-3-13-30(14-4-1)32-18-11-19-33(27-32)37-23-12-24-42-44(37)40-26-25-35(29-43(40)51-42)46-48-45(31-15-5-2-6-16-31)49-47(50-46)41-28-34-17-7-8-20-36(34)38-21-9-10-22-39(38)41/h1-29H. The number of nitrogens with zero attached hydrogens (tertiary/aromatic N) is 3. The van der Waals surface area contributed by atoms with Crippen molar-refractivity contribution in [2.75, 3.05) is 0 Å². The second-order valence-corrected chi connectivity index (χ2v) is 13.9. The van der Waals surface area contributed by atoms with Crippen molar-refractivity contribution in [1.82, 2.24) is 15.0 Å². The normalized spacial score (nSPS) is 11.5. The van der Waals surface area contributed by atoms with Crippen LogP contribution >= 0.6 is 11.3 Å². The molecule has 0 aliphatic carbocycles. The van der Waals surface area contributed by atoms with E-state index in [1.165, 1.54) is 53.2 Å². The first-order chi connectivity index (χ1) is 25.3. The first kappa shape index (κ1) is 29.4. The Bertz CT molecular complexity index is 2910. The molecule has 0 unspecified atom stereocenters. The number of rotatable bonds is 5. The van der Waals surface area contributed by atoms with Crippen LogP contribution in [0.4, 0.5) is 0 Å². The van der Waals surface area contributed by atoms with Crippen LogP contribution in [0.2, 0.25) is 0 Å². The van der Waals surface area contributed by atoms with Gasteiger partial charge in [-0.05, 0) is 68.1 Å². The third-order valence-electron chi connectivity index (χ3n) is 9.71. The minimum atomic E-state index is 0.657. The SMILES string of the molecule is c1ccc(-c2cccc(-c3cccc4sc5cc(-c6nc(-c7ccccc7)nc(-c7cc8ccccc8c8ccccc78)n6)ccc5c34)c2)cc1. The van der Waals surface area contributed by atoms with Crippen molar-refractivity contribution in [2.24, 2.45) is 0 Å². The maximum absolute atomic E-state index is 5.20. The van der Waals surface area contributed by atoms with Gasteiger partial charge in [-0.15, -0.1) is 11.3 Å². The Morgan fingerprint density at radius 3 is 1.76 bits per heavy atom. The summed E-state index contributed by atoms with van der Waals surface area (Å²) < 4.78 is 2.46. The molecule has 0 bridgehead atoms. The van der Waals surface area contributed by atoms with Crippen LogP contribution in [0, 0.1) is 0 Å². The largest absolute Gasteiger partial charge is 0.208 e. The quantitative estimate of drug-likeness (QED) is 0.171. The van der Waals surface area contributed by atoms with E-state index in [1.807, 2.05) is 29.5 Å². The second kappa shape index (κ2) is 12.1. The summed E-state index contributed by atoms with van der Waals surface area (Å²) in [7, 11) is 0. The molecule has 0 atom stereocenters. The van der Waals surface area contributed by atoms with Crippen molar-refractivity contribution >= 4 is 53.1 Å². The van der Waals surface area contributed by atoms with E-state index in [0.29, 0.717) is 17.5 Å². The average Bonchev–Trinajstić information content (AvgIpc) is 3.59. The fourth-order valence-electron chi connectivity index (χ4n) is 7.28. The van der Waals surface area contributed by atoms with Crippen LogP contribution < -0.4 is 0 Å². The Morgan fingerprint density at radius 1 is 0.314 bits per heavy atom. The van der Waals surface area contributed by atoms with E-state index in [0.717, 1.165) is 27.5 Å². The number of aromatic nitrogens is 3. The monoisotopic (exact) mass is 667 g/mol. The average molecular weight is 668 g/mol. The lowest BCUT2D eigenvalue weighted by Gasteiger charge is -2.12. The molecule has 2 heterocycles. The van der Waals surface area contributed by atoms with E-state index in [-0.39, 0.29) is 0 Å². The van der Waals surface area contributed by atoms with E-state index in [9.17, 15) is 0 Å². The van der Waals surface area contributed by atoms with Crippen molar-refractivity contribution < 1.29 is 0 Å². The smallest absolute Gasteiger partial charge is 0.164 e. The summed E-state index contributed by atoms with van der Waals surface area (Å²) >= 11 is 1.81. The lowest BCUT2D eigenvalue weighted by atomic mass is 9.96. The Hall–Kier alpha value is -6.49. The molecule has 10 aromatic rings. The summed E-state index contributed by atoms with van der Waals surface area (Å²) in [6.07, 6.45) is 0. The van der Waals surface area contributed by atoms with Crippen molar-refractivity contribution in [3.8, 4) is 56.4 Å². The molecule has 0 spiro atoms. The fourth-order valence-corrected chi connectivity index (χ4v) is 8.45. The molecule has 0 aliphatic rings. The predicted molar refractivity (Wildman–Crippen MR) is 215 cm³/mol. The Balaban J connectivity index is 1.15. The van der Waals surface area contributed by atoms with Gasteiger partial charge in [0.25, 0.3) is 0 Å². The first-order valence-electron chi connectivity index (χ1n) is 17.1. The molecule has 0 aliphatic heterocycles. The predicted octanol–water partition coefficient (Wildman–Crippen LogP) is 12.9. The van der Waals surface area contributed by atoms with Gasteiger partial charge in [-0.2, -0.15) is 0 Å². The summed E-state index contributed by atoms with van der Waals surface area (Å²) in [5.74, 6) is 1.98. The summed E-state index contributed by atoms with van der Waals surface area (Å²) in [5.41, 5.74) is 7.80. The molecule has 8 aromatic carbocycles. The zero-order valence-electron chi connectivity index (χ0n) is 27.5. The first-order valence-corrected chi connectivity index (χ1v) is 17.9. The fraction of sp³-hybridized carbons (Fsp3) is 0. The zero-order chi connectivity index (χ0) is 33.7. The zero-order valence-corrected chi connectivity index (χ0v) is 28.3. The van der Waals surface area contributed by atoms with E-state index >= 15 is 0 Å². The van der Waals surface area contributed by atoms with Gasteiger partial charge < -0.3 is 0 Å². The number of benzene rings is 8. The Labute approximate surface area is 299 Å². The minimum absolute atomic E-state index is 0.657. The van der Waals surface area contributed by atoms with Crippen molar-refractivity contribution in [3.05, 3.63) is 176 Å². The van der Waals surface area contributed by atoms with E-state index in [1.54, 1.807) is 0 Å². The summed E-state index contributed by atoms with van der Waals surface area (Å²) in [4.78, 5) is 15.4. The van der Waals surface area contributed by atoms with Gasteiger partial charge in [0.2, 0.25) is 0 Å². The van der Waals surface area contributed by atoms with Gasteiger partial charge in [-0.1, -0.05) is 152 Å². The van der Waals surface area contributed by atoms with Crippen molar-refractivity contribution in [2.45, 2.75) is 0 Å². The van der Waals surface area contributed by atoms with E-state index < -0.39 is 0 Å². The molecule has 0 amide bonds. The molecule has 0 saturated heterocycles. The van der Waals surface area contributed by atoms with Crippen LogP contribution in [0.3, 0.4) is 0 Å². The van der Waals surface area contributed by atoms with Gasteiger partial charge in [0, 0.05) is 36.9 Å². The van der Waals surface area contributed by atoms with Gasteiger partial charge in [-0.25, -0.2) is 15.0 Å². The third kappa shape index (κ3) is 5.16. The maximum Gasteiger partial charge on any atom is 0.164 e. The summed E-state index contributed by atoms with van der Waals surface area (Å²) in [6.45, 7) is 0. The molecule has 0 fully saturated rings. The highest BCUT2D eigenvalue weighted by Gasteiger charge is 2.18. The maximum atomic E-state index is 5.20. The van der Waals surface area contributed by atoms with Crippen LogP contribution in [0.15, 0.2) is 176 Å². The van der Waals surface area contributed by atoms with Crippen LogP contribution in [-0.2, 0) is 0 Å². The molecule has 0 saturated carbocycles. The number of hydrogen-bond donors (Lipinski definition) is 0. The molecule has 238 valence electrons. The van der Waals surface area contributed by atoms with Gasteiger partial charge in [0.05, 0.1) is 0 Å². The number of hydrogen-bond acceptors (Lipinski definition) is 4. The highest BCUT2D eigenvalue weighted by molar-refractivity contribution is 7.26. The Morgan fingerprint density at radius 2 is 0.941 bits per heavy atom. The van der Waals surface area contributed by atoms with Crippen molar-refractivity contribution in [1.29, 1.82) is 0 Å². The van der Waals surface area contributed by atoms with E-state index in [2.05, 4.69) is 158 Å². The number of thiophene rings is 1. The minimum Gasteiger partial charge on any atom is -0.208 e. The molecule has 2 aromatic heterocycles. The highest BCUT2D eigenvalue weighted by Crippen LogP contribution is 2.42. The molecule has 10 rings (SSSR count). The lowest BCUT2D eigenvalue weighted by molar-refractivity contribution is 1.08. The molecule has 0 N–H and O–H groups in total. The van der Waals surface area contributed by atoms with Crippen LogP contribution in [0.25, 0.3) is 98.1 Å². The molecule has 0 radical (unpaired) electrons. The van der Waals surface area contributed by atoms with Crippen molar-refractivity contribution in [3.63, 3.8) is 0 Å². The van der Waals surface area contributed by atoms with Gasteiger partial charge in [-0.3, -0.25) is 0 Å². The van der Waals surface area contributed by atoms with E-state index in [4.69, 9.17) is 15.0 Å². The van der Waals surface area contributed by atoms with Crippen LogP contribution in [0.1, 0.15) is 0 Å². The van der Waals surface area contributed by atoms with Crippen LogP contribution in [-0.4, -0.2) is 15.0 Å². The molecule has 51 heavy (non-hydrogen) atoms. The summed E-state index contributed by atoms with van der Waals surface area (Å²) in [5, 5.41) is 7.19. The van der Waals surface area contributed by atoms with Crippen LogP contribution in [0.5, 0.6) is 0 Å².